The van der Waals surface area contributed by atoms with E-state index < -0.39 is 9.96 Å². The summed E-state index contributed by atoms with van der Waals surface area (Å²) >= 11 is 18.6. The Morgan fingerprint density at radius 2 is 1.57 bits per heavy atom. The Labute approximate surface area is 180 Å². The van der Waals surface area contributed by atoms with E-state index in [9.17, 15) is 4.79 Å². The first-order chi connectivity index (χ1) is 13.4. The summed E-state index contributed by atoms with van der Waals surface area (Å²) in [4.78, 5) is 15.8. The maximum atomic E-state index is 12.4. The molecule has 1 aliphatic heterocycles. The average Bonchev–Trinajstić information content (AvgIpc) is 2.71. The van der Waals surface area contributed by atoms with Crippen molar-refractivity contribution in [3.8, 4) is 0 Å². The lowest BCUT2D eigenvalue weighted by molar-refractivity contribution is -0.927. The molecule has 1 fully saturated rings. The van der Waals surface area contributed by atoms with Gasteiger partial charge in [0, 0.05) is 11.8 Å². The van der Waals surface area contributed by atoms with Crippen molar-refractivity contribution in [1.29, 1.82) is 0 Å². The number of amides is 1. The first-order valence-corrected chi connectivity index (χ1v) is 10.3. The number of quaternary nitrogens is 1. The van der Waals surface area contributed by atoms with E-state index in [0.29, 0.717) is 0 Å². The van der Waals surface area contributed by atoms with Gasteiger partial charge in [0.15, 0.2) is 0 Å². The highest BCUT2D eigenvalue weighted by Crippen LogP contribution is 2.28. The molecule has 2 aromatic carbocycles. The number of alkyl halides is 3. The van der Waals surface area contributed by atoms with Crippen LogP contribution in [0.2, 0.25) is 0 Å². The number of carbonyl (C=O) groups excluding carboxylic acids is 1. The third-order valence-electron chi connectivity index (χ3n) is 4.78. The van der Waals surface area contributed by atoms with Gasteiger partial charge in [-0.25, -0.2) is 0 Å². The fraction of sp³-hybridized carbons (Fsp3) is 0.286. The van der Waals surface area contributed by atoms with E-state index in [1.807, 2.05) is 48.5 Å². The van der Waals surface area contributed by atoms with E-state index >= 15 is 0 Å². The van der Waals surface area contributed by atoms with Gasteiger partial charge in [-0.1, -0.05) is 83.3 Å². The van der Waals surface area contributed by atoms with Gasteiger partial charge in [-0.3, -0.25) is 10.1 Å². The van der Waals surface area contributed by atoms with Gasteiger partial charge < -0.3 is 9.80 Å². The van der Waals surface area contributed by atoms with E-state index in [4.69, 9.17) is 34.8 Å². The SMILES string of the molecule is O=C(/C=C/c1ccccc1)N[C@H]([NH+]1CCN(c2ccccc2)CC1)C(Cl)(Cl)Cl. The lowest BCUT2D eigenvalue weighted by atomic mass is 10.2. The minimum Gasteiger partial charge on any atom is -0.360 e. The number of halogens is 3. The lowest BCUT2D eigenvalue weighted by Crippen LogP contribution is -3.21. The van der Waals surface area contributed by atoms with Gasteiger partial charge in [-0.15, -0.1) is 0 Å². The van der Waals surface area contributed by atoms with E-state index in [2.05, 4.69) is 22.3 Å². The number of rotatable bonds is 5. The smallest absolute Gasteiger partial charge is 0.262 e. The highest BCUT2D eigenvalue weighted by Gasteiger charge is 2.43. The third kappa shape index (κ3) is 5.89. The predicted octanol–water partition coefficient (Wildman–Crippen LogP) is 2.92. The molecule has 0 aromatic heterocycles. The van der Waals surface area contributed by atoms with Crippen molar-refractivity contribution in [2.75, 3.05) is 31.1 Å². The molecule has 0 unspecified atom stereocenters. The van der Waals surface area contributed by atoms with Gasteiger partial charge in [0.05, 0.1) is 26.2 Å². The van der Waals surface area contributed by atoms with Crippen LogP contribution in [-0.4, -0.2) is 42.0 Å². The summed E-state index contributed by atoms with van der Waals surface area (Å²) in [7, 11) is 0. The maximum Gasteiger partial charge on any atom is 0.262 e. The standard InChI is InChI=1S/C21H22Cl3N3O/c22-21(23,24)20(25-19(28)12-11-17-7-3-1-4-8-17)27-15-13-26(14-16-27)18-9-5-2-6-10-18/h1-12,20H,13-16H2,(H,25,28)/p+1/b12-11+/t20-/m1/s1. The van der Waals surface area contributed by atoms with Crippen LogP contribution >= 0.6 is 34.8 Å². The molecule has 3 rings (SSSR count). The monoisotopic (exact) mass is 438 g/mol. The summed E-state index contributed by atoms with van der Waals surface area (Å²) in [6, 6.07) is 19.8. The molecule has 2 aromatic rings. The number of nitrogens with one attached hydrogen (secondary N) is 2. The van der Waals surface area contributed by atoms with Crippen LogP contribution in [0.3, 0.4) is 0 Å². The molecule has 1 aliphatic rings. The molecule has 4 nitrogen and oxygen atoms in total. The highest BCUT2D eigenvalue weighted by molar-refractivity contribution is 6.68. The molecule has 0 spiro atoms. The molecule has 1 saturated heterocycles. The largest absolute Gasteiger partial charge is 0.360 e. The molecule has 0 saturated carbocycles. The second kappa shape index (κ2) is 9.66. The van der Waals surface area contributed by atoms with Gasteiger partial charge in [-0.2, -0.15) is 0 Å². The molecule has 7 heteroatoms. The molecule has 28 heavy (non-hydrogen) atoms. The lowest BCUT2D eigenvalue weighted by Gasteiger charge is -2.39. The number of anilines is 1. The van der Waals surface area contributed by atoms with Crippen molar-refractivity contribution >= 4 is 52.5 Å². The Balaban J connectivity index is 1.61. The quantitative estimate of drug-likeness (QED) is 0.555. The van der Waals surface area contributed by atoms with Crippen molar-refractivity contribution in [2.45, 2.75) is 9.96 Å². The zero-order chi connectivity index (χ0) is 20.0. The molecular formula is C21H23Cl3N3O+. The Hall–Kier alpha value is -1.72. The van der Waals surface area contributed by atoms with E-state index in [-0.39, 0.29) is 5.91 Å². The Kier molecular flexibility index (Phi) is 7.24. The van der Waals surface area contributed by atoms with Gasteiger partial charge in [0.2, 0.25) is 12.1 Å². The summed E-state index contributed by atoms with van der Waals surface area (Å²) < 4.78 is -1.60. The predicted molar refractivity (Wildman–Crippen MR) is 117 cm³/mol. The van der Waals surface area contributed by atoms with E-state index in [1.165, 1.54) is 11.8 Å². The van der Waals surface area contributed by atoms with E-state index in [0.717, 1.165) is 36.6 Å². The van der Waals surface area contributed by atoms with Gasteiger partial charge in [0.25, 0.3) is 3.79 Å². The van der Waals surface area contributed by atoms with Crippen LogP contribution in [0, 0.1) is 0 Å². The molecule has 2 N–H and O–H groups in total. The van der Waals surface area contributed by atoms with E-state index in [1.54, 1.807) is 6.08 Å². The molecule has 1 amide bonds. The Bertz CT molecular complexity index is 786. The first-order valence-electron chi connectivity index (χ1n) is 9.18. The number of para-hydroxylation sites is 1. The van der Waals surface area contributed by atoms with Crippen molar-refractivity contribution in [3.63, 3.8) is 0 Å². The van der Waals surface area contributed by atoms with Crippen molar-refractivity contribution in [3.05, 3.63) is 72.3 Å². The van der Waals surface area contributed by atoms with Crippen molar-refractivity contribution < 1.29 is 9.69 Å². The molecule has 1 atom stereocenters. The second-order valence-electron chi connectivity index (χ2n) is 6.71. The molecule has 0 bridgehead atoms. The number of benzene rings is 2. The number of carbonyl (C=O) groups is 1. The fourth-order valence-electron chi connectivity index (χ4n) is 3.32. The first kappa shape index (κ1) is 21.0. The molecule has 0 radical (unpaired) electrons. The Morgan fingerprint density at radius 3 is 2.14 bits per heavy atom. The molecular weight excluding hydrogens is 417 g/mol. The van der Waals surface area contributed by atoms with Crippen LogP contribution in [-0.2, 0) is 4.79 Å². The third-order valence-corrected chi connectivity index (χ3v) is 5.43. The second-order valence-corrected chi connectivity index (χ2v) is 9.08. The van der Waals surface area contributed by atoms with Crippen LogP contribution in [0.15, 0.2) is 66.7 Å². The number of hydrogen-bond acceptors (Lipinski definition) is 2. The zero-order valence-corrected chi connectivity index (χ0v) is 17.6. The van der Waals surface area contributed by atoms with Crippen LogP contribution in [0.25, 0.3) is 6.08 Å². The summed E-state index contributed by atoms with van der Waals surface area (Å²) in [6.07, 6.45) is 2.59. The van der Waals surface area contributed by atoms with Crippen LogP contribution in [0.4, 0.5) is 5.69 Å². The van der Waals surface area contributed by atoms with Crippen LogP contribution in [0.1, 0.15) is 5.56 Å². The van der Waals surface area contributed by atoms with Crippen molar-refractivity contribution in [2.24, 2.45) is 0 Å². The molecule has 0 aliphatic carbocycles. The highest BCUT2D eigenvalue weighted by atomic mass is 35.6. The summed E-state index contributed by atoms with van der Waals surface area (Å²) in [5.74, 6) is -0.279. The maximum absolute atomic E-state index is 12.4. The van der Waals surface area contributed by atoms with Gasteiger partial charge in [-0.05, 0) is 23.8 Å². The summed E-state index contributed by atoms with van der Waals surface area (Å²) in [5.41, 5.74) is 2.12. The molecule has 1 heterocycles. The Morgan fingerprint density at radius 1 is 1.00 bits per heavy atom. The fourth-order valence-corrected chi connectivity index (χ4v) is 3.95. The number of hydrogen-bond donors (Lipinski definition) is 2. The van der Waals surface area contributed by atoms with Crippen LogP contribution < -0.4 is 15.1 Å². The number of nitrogens with zero attached hydrogens (tertiary/aromatic N) is 1. The minimum absolute atomic E-state index is 0.279. The van der Waals surface area contributed by atoms with Gasteiger partial charge >= 0.3 is 0 Å². The normalized spacial score (nSPS) is 16.9. The topological polar surface area (TPSA) is 36.8 Å². The molecule has 148 valence electrons. The number of piperazine rings is 1. The summed E-state index contributed by atoms with van der Waals surface area (Å²) in [6.45, 7) is 3.17. The van der Waals surface area contributed by atoms with Crippen LogP contribution in [0.5, 0.6) is 0 Å². The minimum atomic E-state index is -1.60. The zero-order valence-electron chi connectivity index (χ0n) is 15.3. The van der Waals surface area contributed by atoms with Gasteiger partial charge in [0.1, 0.15) is 0 Å². The average molecular weight is 440 g/mol. The summed E-state index contributed by atoms with van der Waals surface area (Å²) in [5, 5.41) is 2.87. The van der Waals surface area contributed by atoms with Crippen molar-refractivity contribution in [1.82, 2.24) is 5.32 Å².